The minimum absolute atomic E-state index is 0.247. The predicted molar refractivity (Wildman–Crippen MR) is 72.8 cm³/mol. The van der Waals surface area contributed by atoms with Crippen molar-refractivity contribution in [2.24, 2.45) is 0 Å². The number of hydrogen-bond acceptors (Lipinski definition) is 6. The number of anilines is 1. The number of hydrogen-bond donors (Lipinski definition) is 2. The van der Waals surface area contributed by atoms with Gasteiger partial charge in [-0.3, -0.25) is 4.79 Å². The van der Waals surface area contributed by atoms with Gasteiger partial charge in [0, 0.05) is 33.5 Å². The first-order chi connectivity index (χ1) is 9.67. The molecule has 0 aliphatic carbocycles. The predicted octanol–water partition coefficient (Wildman–Crippen LogP) is 0.210. The fourth-order valence-electron chi connectivity index (χ4n) is 1.62. The normalized spacial score (nSPS) is 10.3. The van der Waals surface area contributed by atoms with Crippen molar-refractivity contribution in [1.29, 1.82) is 0 Å². The van der Waals surface area contributed by atoms with E-state index in [0.717, 1.165) is 0 Å². The Hall–Kier alpha value is -2.48. The Kier molecular flexibility index (Phi) is 4.26. The van der Waals surface area contributed by atoms with Crippen LogP contribution in [0.1, 0.15) is 16.3 Å². The van der Waals surface area contributed by atoms with E-state index >= 15 is 0 Å². The van der Waals surface area contributed by atoms with Crippen LogP contribution in [0.25, 0.3) is 5.82 Å². The lowest BCUT2D eigenvalue weighted by Gasteiger charge is -2.07. The molecule has 0 radical (unpaired) electrons. The third kappa shape index (κ3) is 2.91. The van der Waals surface area contributed by atoms with Gasteiger partial charge in [0.25, 0.3) is 5.91 Å². The van der Waals surface area contributed by atoms with Crippen LogP contribution in [0.5, 0.6) is 0 Å². The molecular formula is C12H16N6O2. The molecule has 2 N–H and O–H groups in total. The molecule has 0 saturated heterocycles. The van der Waals surface area contributed by atoms with E-state index in [2.05, 4.69) is 25.7 Å². The number of ether oxygens (including phenoxy) is 1. The minimum atomic E-state index is -0.247. The number of nitrogens with one attached hydrogen (secondary N) is 2. The van der Waals surface area contributed by atoms with Gasteiger partial charge in [0.2, 0.25) is 0 Å². The highest BCUT2D eigenvalue weighted by Crippen LogP contribution is 2.11. The van der Waals surface area contributed by atoms with E-state index < -0.39 is 0 Å². The molecule has 0 saturated carbocycles. The summed E-state index contributed by atoms with van der Waals surface area (Å²) in [5.74, 6) is 1.50. The standard InChI is InChI=1S/C12H16N6O2/c1-13-9-6-11(16-10(15-9)7-20-3)18-5-4-8(17-18)12(19)14-2/h4-6H,7H2,1-3H3,(H,14,19)(H,13,15,16). The number of carbonyl (C=O) groups excluding carboxylic acids is 1. The van der Waals surface area contributed by atoms with Crippen LogP contribution in [0.3, 0.4) is 0 Å². The maximum Gasteiger partial charge on any atom is 0.271 e. The van der Waals surface area contributed by atoms with Crippen molar-refractivity contribution in [3.8, 4) is 5.82 Å². The summed E-state index contributed by atoms with van der Waals surface area (Å²) in [6, 6.07) is 3.36. The van der Waals surface area contributed by atoms with Gasteiger partial charge in [0.1, 0.15) is 12.4 Å². The largest absolute Gasteiger partial charge is 0.377 e. The van der Waals surface area contributed by atoms with Gasteiger partial charge in [0.05, 0.1) is 0 Å². The van der Waals surface area contributed by atoms with Crippen LogP contribution in [0.4, 0.5) is 5.82 Å². The van der Waals surface area contributed by atoms with E-state index in [4.69, 9.17) is 4.74 Å². The molecule has 2 heterocycles. The number of amides is 1. The summed E-state index contributed by atoms with van der Waals surface area (Å²) in [5, 5.41) is 9.64. The summed E-state index contributed by atoms with van der Waals surface area (Å²) in [6.45, 7) is 0.298. The molecule has 0 spiro atoms. The van der Waals surface area contributed by atoms with Crippen molar-refractivity contribution < 1.29 is 9.53 Å². The van der Waals surface area contributed by atoms with E-state index in [-0.39, 0.29) is 5.91 Å². The fourth-order valence-corrected chi connectivity index (χ4v) is 1.62. The fraction of sp³-hybridized carbons (Fsp3) is 0.333. The molecule has 0 fully saturated rings. The smallest absolute Gasteiger partial charge is 0.271 e. The zero-order valence-electron chi connectivity index (χ0n) is 11.5. The molecule has 8 heteroatoms. The van der Waals surface area contributed by atoms with Gasteiger partial charge in [-0.25, -0.2) is 14.6 Å². The van der Waals surface area contributed by atoms with Crippen LogP contribution in [-0.4, -0.2) is 46.9 Å². The molecule has 1 amide bonds. The van der Waals surface area contributed by atoms with Gasteiger partial charge in [-0.2, -0.15) is 5.10 Å². The van der Waals surface area contributed by atoms with Crippen LogP contribution < -0.4 is 10.6 Å². The summed E-state index contributed by atoms with van der Waals surface area (Å²) in [7, 11) is 4.90. The quantitative estimate of drug-likeness (QED) is 0.810. The summed E-state index contributed by atoms with van der Waals surface area (Å²) >= 11 is 0. The molecule has 8 nitrogen and oxygen atoms in total. The van der Waals surface area contributed by atoms with Crippen LogP contribution in [0.15, 0.2) is 18.3 Å². The molecule has 106 valence electrons. The van der Waals surface area contributed by atoms with Gasteiger partial charge in [-0.15, -0.1) is 0 Å². The highest BCUT2D eigenvalue weighted by molar-refractivity contribution is 5.91. The summed E-state index contributed by atoms with van der Waals surface area (Å²) in [4.78, 5) is 20.1. The van der Waals surface area contributed by atoms with Gasteiger partial charge in [-0.1, -0.05) is 0 Å². The molecule has 0 bridgehead atoms. The topological polar surface area (TPSA) is 94.0 Å². The van der Waals surface area contributed by atoms with Gasteiger partial charge < -0.3 is 15.4 Å². The Balaban J connectivity index is 2.38. The van der Waals surface area contributed by atoms with E-state index in [0.29, 0.717) is 29.8 Å². The molecule has 2 aromatic rings. The molecule has 0 unspecified atom stereocenters. The highest BCUT2D eigenvalue weighted by atomic mass is 16.5. The molecule has 0 aliphatic rings. The van der Waals surface area contributed by atoms with Crippen LogP contribution in [0, 0.1) is 0 Å². The molecule has 2 rings (SSSR count). The lowest BCUT2D eigenvalue weighted by atomic mass is 10.4. The van der Waals surface area contributed by atoms with Crippen molar-refractivity contribution in [1.82, 2.24) is 25.1 Å². The molecule has 2 aromatic heterocycles. The molecule has 0 aromatic carbocycles. The molecule has 0 atom stereocenters. The number of aromatic nitrogens is 4. The zero-order valence-corrected chi connectivity index (χ0v) is 11.5. The van der Waals surface area contributed by atoms with Crippen molar-refractivity contribution in [3.63, 3.8) is 0 Å². The molecular weight excluding hydrogens is 260 g/mol. The summed E-state index contributed by atoms with van der Waals surface area (Å²) in [5.41, 5.74) is 0.324. The van der Waals surface area contributed by atoms with Gasteiger partial charge >= 0.3 is 0 Å². The van der Waals surface area contributed by atoms with Crippen LogP contribution >= 0.6 is 0 Å². The van der Waals surface area contributed by atoms with E-state index in [1.54, 1.807) is 39.5 Å². The Morgan fingerprint density at radius 2 is 2.20 bits per heavy atom. The Morgan fingerprint density at radius 3 is 2.85 bits per heavy atom. The van der Waals surface area contributed by atoms with Crippen LogP contribution in [-0.2, 0) is 11.3 Å². The number of carbonyl (C=O) groups is 1. The van der Waals surface area contributed by atoms with Crippen molar-refractivity contribution in [2.75, 3.05) is 26.5 Å². The SMILES string of the molecule is CNC(=O)c1ccn(-c2cc(NC)nc(COC)n2)n1. The second-order valence-electron chi connectivity index (χ2n) is 3.94. The number of rotatable bonds is 5. The monoisotopic (exact) mass is 276 g/mol. The lowest BCUT2D eigenvalue weighted by Crippen LogP contribution is -2.18. The average molecular weight is 276 g/mol. The maximum atomic E-state index is 11.5. The highest BCUT2D eigenvalue weighted by Gasteiger charge is 2.10. The van der Waals surface area contributed by atoms with Gasteiger partial charge in [0.15, 0.2) is 17.3 Å². The van der Waals surface area contributed by atoms with E-state index in [9.17, 15) is 4.79 Å². The Morgan fingerprint density at radius 1 is 1.40 bits per heavy atom. The van der Waals surface area contributed by atoms with E-state index in [1.165, 1.54) is 4.68 Å². The third-order valence-electron chi connectivity index (χ3n) is 2.57. The van der Waals surface area contributed by atoms with Crippen molar-refractivity contribution >= 4 is 11.7 Å². The average Bonchev–Trinajstić information content (AvgIpc) is 2.96. The second kappa shape index (κ2) is 6.11. The maximum absolute atomic E-state index is 11.5. The van der Waals surface area contributed by atoms with Crippen molar-refractivity contribution in [2.45, 2.75) is 6.61 Å². The number of methoxy groups -OCH3 is 1. The Labute approximate surface area is 116 Å². The minimum Gasteiger partial charge on any atom is -0.377 e. The Bertz CT molecular complexity index is 610. The van der Waals surface area contributed by atoms with Gasteiger partial charge in [-0.05, 0) is 6.07 Å². The third-order valence-corrected chi connectivity index (χ3v) is 2.57. The first-order valence-corrected chi connectivity index (χ1v) is 6.00. The van der Waals surface area contributed by atoms with E-state index in [1.807, 2.05) is 0 Å². The molecule has 20 heavy (non-hydrogen) atoms. The zero-order chi connectivity index (χ0) is 14.5. The first kappa shape index (κ1) is 13.9. The number of nitrogens with zero attached hydrogens (tertiary/aromatic N) is 4. The summed E-state index contributed by atoms with van der Waals surface area (Å²) < 4.78 is 6.55. The summed E-state index contributed by atoms with van der Waals surface area (Å²) in [6.07, 6.45) is 1.67. The van der Waals surface area contributed by atoms with Crippen LogP contribution in [0.2, 0.25) is 0 Å². The first-order valence-electron chi connectivity index (χ1n) is 6.00. The second-order valence-corrected chi connectivity index (χ2v) is 3.94. The lowest BCUT2D eigenvalue weighted by molar-refractivity contribution is 0.0957. The molecule has 0 aliphatic heterocycles. The van der Waals surface area contributed by atoms with Crippen molar-refractivity contribution in [3.05, 3.63) is 29.8 Å².